The van der Waals surface area contributed by atoms with Crippen LogP contribution in [0, 0.1) is 5.92 Å². The van der Waals surface area contributed by atoms with Gasteiger partial charge in [0.2, 0.25) is 0 Å². The van der Waals surface area contributed by atoms with E-state index in [-0.39, 0.29) is 39.1 Å². The van der Waals surface area contributed by atoms with Gasteiger partial charge in [-0.15, -0.1) is 5.06 Å². The topological polar surface area (TPSA) is 126 Å². The van der Waals surface area contributed by atoms with E-state index in [1.54, 1.807) is 31.2 Å². The molecule has 0 aromatic heterocycles. The summed E-state index contributed by atoms with van der Waals surface area (Å²) in [4.78, 5) is 68.1. The largest absolute Gasteiger partial charge is 0.465 e. The fourth-order valence-electron chi connectivity index (χ4n) is 3.50. The van der Waals surface area contributed by atoms with Gasteiger partial charge in [0.1, 0.15) is 11.4 Å². The van der Waals surface area contributed by atoms with E-state index in [1.165, 1.54) is 7.11 Å². The highest BCUT2D eigenvalue weighted by Gasteiger charge is 2.44. The SMILES string of the molecule is CCCCOC(=O)C(C)(CC(CC(=O)OCCOC)C(=O)ON1C(=O)CCC1=O)SC(=S)c1ccccc1. The molecule has 0 bridgehead atoms. The van der Waals surface area contributed by atoms with Crippen LogP contribution in [0.2, 0.25) is 0 Å². The van der Waals surface area contributed by atoms with Crippen molar-refractivity contribution in [2.45, 2.75) is 57.1 Å². The lowest BCUT2D eigenvalue weighted by Crippen LogP contribution is -2.42. The third kappa shape index (κ3) is 9.48. The summed E-state index contributed by atoms with van der Waals surface area (Å²) in [5, 5.41) is 0.407. The molecule has 2 rings (SSSR count). The highest BCUT2D eigenvalue weighted by Crippen LogP contribution is 2.38. The molecule has 2 unspecified atom stereocenters. The van der Waals surface area contributed by atoms with Crippen LogP contribution in [0.15, 0.2) is 30.3 Å². The number of nitrogens with zero attached hydrogens (tertiary/aromatic N) is 1. The van der Waals surface area contributed by atoms with Crippen LogP contribution >= 0.6 is 24.0 Å². The highest BCUT2D eigenvalue weighted by molar-refractivity contribution is 8.25. The van der Waals surface area contributed by atoms with Gasteiger partial charge < -0.3 is 19.0 Å². The summed E-state index contributed by atoms with van der Waals surface area (Å²) in [6.07, 6.45) is 0.585. The molecule has 0 saturated carbocycles. The number of amides is 2. The van der Waals surface area contributed by atoms with Crippen molar-refractivity contribution in [2.75, 3.05) is 26.9 Å². The van der Waals surface area contributed by atoms with E-state index in [0.717, 1.165) is 18.2 Å². The van der Waals surface area contributed by atoms with Crippen LogP contribution in [0.4, 0.5) is 0 Å². The first-order chi connectivity index (χ1) is 18.1. The van der Waals surface area contributed by atoms with Crippen LogP contribution in [0.3, 0.4) is 0 Å². The number of unbranched alkanes of at least 4 members (excludes halogenated alkanes) is 1. The first kappa shape index (κ1) is 31.4. The van der Waals surface area contributed by atoms with Gasteiger partial charge in [-0.2, -0.15) is 0 Å². The fourth-order valence-corrected chi connectivity index (χ4v) is 5.27. The van der Waals surface area contributed by atoms with Crippen molar-refractivity contribution in [3.8, 4) is 0 Å². The molecular weight excluding hydrogens is 534 g/mol. The van der Waals surface area contributed by atoms with Crippen LogP contribution in [0.1, 0.15) is 57.9 Å². The van der Waals surface area contributed by atoms with Gasteiger partial charge in [0.15, 0.2) is 0 Å². The molecule has 1 fully saturated rings. The molecule has 1 aromatic carbocycles. The number of carbonyl (C=O) groups excluding carboxylic acids is 5. The van der Waals surface area contributed by atoms with Gasteiger partial charge in [0.05, 0.1) is 29.7 Å². The predicted molar refractivity (Wildman–Crippen MR) is 143 cm³/mol. The van der Waals surface area contributed by atoms with Crippen molar-refractivity contribution in [2.24, 2.45) is 5.92 Å². The molecule has 1 heterocycles. The molecule has 0 aliphatic carbocycles. The Morgan fingerprint density at radius 2 is 1.71 bits per heavy atom. The minimum atomic E-state index is -1.41. The van der Waals surface area contributed by atoms with Gasteiger partial charge in [-0.25, -0.2) is 4.79 Å². The number of hydroxylamine groups is 2. The molecule has 0 spiro atoms. The van der Waals surface area contributed by atoms with Gasteiger partial charge in [-0.1, -0.05) is 67.7 Å². The van der Waals surface area contributed by atoms with E-state index < -0.39 is 46.8 Å². The average Bonchev–Trinajstić information content (AvgIpc) is 3.21. The highest BCUT2D eigenvalue weighted by atomic mass is 32.2. The predicted octanol–water partition coefficient (Wildman–Crippen LogP) is 3.39. The maximum Gasteiger partial charge on any atom is 0.336 e. The second kappa shape index (κ2) is 15.6. The monoisotopic (exact) mass is 567 g/mol. The number of benzene rings is 1. The van der Waals surface area contributed by atoms with Crippen molar-refractivity contribution in [1.29, 1.82) is 0 Å². The zero-order chi connectivity index (χ0) is 28.1. The van der Waals surface area contributed by atoms with Crippen LogP contribution in [-0.2, 0) is 43.0 Å². The van der Waals surface area contributed by atoms with Gasteiger partial charge in [-0.05, 0) is 25.3 Å². The molecule has 1 aliphatic heterocycles. The average molecular weight is 568 g/mol. The third-order valence-corrected chi connectivity index (χ3v) is 7.30. The molecule has 10 nitrogen and oxygen atoms in total. The Morgan fingerprint density at radius 1 is 1.05 bits per heavy atom. The number of imide groups is 1. The van der Waals surface area contributed by atoms with Crippen molar-refractivity contribution >= 4 is 57.9 Å². The van der Waals surface area contributed by atoms with E-state index in [9.17, 15) is 24.0 Å². The lowest BCUT2D eigenvalue weighted by atomic mass is 9.92. The minimum Gasteiger partial charge on any atom is -0.465 e. The summed E-state index contributed by atoms with van der Waals surface area (Å²) in [5.74, 6) is -4.94. The van der Waals surface area contributed by atoms with Crippen molar-refractivity contribution in [3.63, 3.8) is 0 Å². The lowest BCUT2D eigenvalue weighted by molar-refractivity contribution is -0.201. The number of rotatable bonds is 15. The van der Waals surface area contributed by atoms with Crippen LogP contribution in [0.5, 0.6) is 0 Å². The van der Waals surface area contributed by atoms with E-state index in [4.69, 9.17) is 31.3 Å². The molecule has 2 atom stereocenters. The normalized spacial score (nSPS) is 15.5. The summed E-state index contributed by atoms with van der Waals surface area (Å²) in [7, 11) is 1.44. The second-order valence-corrected chi connectivity index (χ2v) is 11.0. The lowest BCUT2D eigenvalue weighted by Gasteiger charge is -2.30. The summed E-state index contributed by atoms with van der Waals surface area (Å²) in [6, 6.07) is 9.03. The number of ether oxygens (including phenoxy) is 3. The maximum absolute atomic E-state index is 13.3. The Morgan fingerprint density at radius 3 is 2.32 bits per heavy atom. The Kier molecular flexibility index (Phi) is 12.8. The number of esters is 2. The molecular formula is C26H33NO9S2. The van der Waals surface area contributed by atoms with E-state index in [1.807, 2.05) is 13.0 Å². The smallest absolute Gasteiger partial charge is 0.336 e. The second-order valence-electron chi connectivity index (χ2n) is 8.79. The third-order valence-electron chi connectivity index (χ3n) is 5.61. The van der Waals surface area contributed by atoms with Crippen LogP contribution in [-0.4, -0.2) is 70.7 Å². The number of hydrogen-bond acceptors (Lipinski definition) is 11. The molecule has 1 aliphatic rings. The number of thioether (sulfide) groups is 1. The molecule has 0 N–H and O–H groups in total. The van der Waals surface area contributed by atoms with Gasteiger partial charge >= 0.3 is 17.9 Å². The summed E-state index contributed by atoms with van der Waals surface area (Å²) in [5.41, 5.74) is 0.700. The Labute approximate surface area is 231 Å². The van der Waals surface area contributed by atoms with Crippen LogP contribution in [0.25, 0.3) is 0 Å². The Bertz CT molecular complexity index is 1000. The zero-order valence-electron chi connectivity index (χ0n) is 21.8. The van der Waals surface area contributed by atoms with Crippen LogP contribution < -0.4 is 0 Å². The van der Waals surface area contributed by atoms with Gasteiger partial charge in [-0.3, -0.25) is 19.2 Å². The molecule has 12 heteroatoms. The number of thiocarbonyl (C=S) groups is 1. The van der Waals surface area contributed by atoms with E-state index in [0.29, 0.717) is 21.2 Å². The summed E-state index contributed by atoms with van der Waals surface area (Å²) < 4.78 is 14.5. The minimum absolute atomic E-state index is 0.0383. The fraction of sp³-hybridized carbons (Fsp3) is 0.538. The maximum atomic E-state index is 13.3. The quantitative estimate of drug-likeness (QED) is 0.134. The first-order valence-electron chi connectivity index (χ1n) is 12.3. The molecule has 1 aromatic rings. The molecule has 2 amide bonds. The van der Waals surface area contributed by atoms with E-state index in [2.05, 4.69) is 0 Å². The van der Waals surface area contributed by atoms with Gasteiger partial charge in [0.25, 0.3) is 11.8 Å². The first-order valence-corrected chi connectivity index (χ1v) is 13.5. The molecule has 0 radical (unpaired) electrons. The Balaban J connectivity index is 2.32. The van der Waals surface area contributed by atoms with Crippen molar-refractivity contribution < 1.29 is 43.0 Å². The summed E-state index contributed by atoms with van der Waals surface area (Å²) >= 11 is 6.62. The molecule has 208 valence electrons. The Hall–Kier alpha value is -2.83. The number of hydrogen-bond donors (Lipinski definition) is 0. The summed E-state index contributed by atoms with van der Waals surface area (Å²) in [6.45, 7) is 3.82. The zero-order valence-corrected chi connectivity index (χ0v) is 23.4. The number of carbonyl (C=O) groups is 5. The van der Waals surface area contributed by atoms with E-state index >= 15 is 0 Å². The molecule has 38 heavy (non-hydrogen) atoms. The number of methoxy groups -OCH3 is 1. The molecule has 1 saturated heterocycles. The van der Waals surface area contributed by atoms with Gasteiger partial charge in [0, 0.05) is 20.0 Å². The van der Waals surface area contributed by atoms with Crippen molar-refractivity contribution in [3.05, 3.63) is 35.9 Å². The standard InChI is InChI=1S/C26H33NO9S2/c1-4-5-13-35-25(32)26(2,38-24(37)18-9-7-6-8-10-18)17-19(16-22(30)34-15-14-33-3)23(31)36-27-20(28)11-12-21(27)29/h6-10,19H,4-5,11-17H2,1-3H3. The van der Waals surface area contributed by atoms with Crippen molar-refractivity contribution in [1.82, 2.24) is 5.06 Å².